The highest BCUT2D eigenvalue weighted by atomic mass is 32.2. The number of unbranched alkanes of at least 4 members (excludes halogenated alkanes) is 1. The first-order chi connectivity index (χ1) is 11.0. The average Bonchev–Trinajstić information content (AvgIpc) is 2.76. The molecule has 0 saturated carbocycles. The number of aliphatic carboxylic acids is 1. The van der Waals surface area contributed by atoms with Gasteiger partial charge in [-0.25, -0.2) is 0 Å². The first kappa shape index (κ1) is 17.5. The van der Waals surface area contributed by atoms with E-state index < -0.39 is 18.4 Å². The number of rotatable bonds is 7. The molecule has 1 aliphatic rings. The summed E-state index contributed by atoms with van der Waals surface area (Å²) < 4.78 is 5.80. The third kappa shape index (κ3) is 4.80. The molecule has 23 heavy (non-hydrogen) atoms. The molecule has 1 fully saturated rings. The number of hydrogen-bond donors (Lipinski definition) is 0. The molecule has 0 unspecified atom stereocenters. The quantitative estimate of drug-likeness (QED) is 0.424. The van der Waals surface area contributed by atoms with Crippen molar-refractivity contribution >= 4 is 46.3 Å². The highest BCUT2D eigenvalue weighted by molar-refractivity contribution is 8.26. The Labute approximate surface area is 144 Å². The van der Waals surface area contributed by atoms with Gasteiger partial charge >= 0.3 is 0 Å². The van der Waals surface area contributed by atoms with Crippen molar-refractivity contribution in [2.75, 3.05) is 13.2 Å². The molecule has 2 rings (SSSR count). The topological polar surface area (TPSA) is 69.7 Å². The molecule has 1 aliphatic heterocycles. The Bertz CT molecular complexity index is 640. The first-order valence-corrected chi connectivity index (χ1v) is 8.42. The zero-order valence-corrected chi connectivity index (χ0v) is 14.2. The lowest BCUT2D eigenvalue weighted by molar-refractivity contribution is -0.305. The normalized spacial score (nSPS) is 16.2. The maximum absolute atomic E-state index is 12.1. The first-order valence-electron chi connectivity index (χ1n) is 7.19. The number of hydrogen-bond acceptors (Lipinski definition) is 6. The van der Waals surface area contributed by atoms with Crippen molar-refractivity contribution in [3.8, 4) is 5.75 Å². The van der Waals surface area contributed by atoms with Crippen LogP contribution in [0.2, 0.25) is 0 Å². The van der Waals surface area contributed by atoms with Gasteiger partial charge < -0.3 is 14.6 Å². The van der Waals surface area contributed by atoms with E-state index in [4.69, 9.17) is 17.0 Å². The number of benzene rings is 1. The maximum Gasteiger partial charge on any atom is 0.266 e. The van der Waals surface area contributed by atoms with Crippen LogP contribution in [0.1, 0.15) is 25.3 Å². The van der Waals surface area contributed by atoms with E-state index in [0.717, 1.165) is 40.8 Å². The van der Waals surface area contributed by atoms with Gasteiger partial charge in [-0.2, -0.15) is 0 Å². The van der Waals surface area contributed by atoms with Gasteiger partial charge in [0.1, 0.15) is 10.1 Å². The lowest BCUT2D eigenvalue weighted by Crippen LogP contribution is -2.40. The molecule has 0 atom stereocenters. The number of amides is 1. The molecule has 1 saturated heterocycles. The van der Waals surface area contributed by atoms with Crippen LogP contribution in [-0.4, -0.2) is 34.2 Å². The van der Waals surface area contributed by atoms with Gasteiger partial charge in [-0.15, -0.1) is 0 Å². The van der Waals surface area contributed by atoms with Crippen molar-refractivity contribution in [2.45, 2.75) is 19.8 Å². The lowest BCUT2D eigenvalue weighted by atomic mass is 10.2. The Morgan fingerprint density at radius 2 is 2.09 bits per heavy atom. The average molecular weight is 350 g/mol. The minimum Gasteiger partial charge on any atom is -0.548 e. The van der Waals surface area contributed by atoms with Gasteiger partial charge in [0.25, 0.3) is 5.91 Å². The number of carboxylic acids is 1. The van der Waals surface area contributed by atoms with Crippen LogP contribution in [-0.2, 0) is 9.59 Å². The van der Waals surface area contributed by atoms with Crippen molar-refractivity contribution in [3.05, 3.63) is 34.7 Å². The second kappa shape index (κ2) is 8.12. The van der Waals surface area contributed by atoms with Crippen LogP contribution in [0, 0.1) is 0 Å². The predicted octanol–water partition coefficient (Wildman–Crippen LogP) is 1.82. The van der Waals surface area contributed by atoms with Gasteiger partial charge in [-0.1, -0.05) is 49.5 Å². The summed E-state index contributed by atoms with van der Waals surface area (Å²) in [7, 11) is 0. The van der Waals surface area contributed by atoms with Crippen LogP contribution in [0.5, 0.6) is 5.75 Å². The third-order valence-electron chi connectivity index (χ3n) is 3.11. The zero-order valence-electron chi connectivity index (χ0n) is 12.6. The molecule has 7 heteroatoms. The fourth-order valence-corrected chi connectivity index (χ4v) is 3.17. The summed E-state index contributed by atoms with van der Waals surface area (Å²) >= 11 is 6.11. The molecule has 0 aromatic heterocycles. The molecule has 0 aliphatic carbocycles. The van der Waals surface area contributed by atoms with E-state index in [2.05, 4.69) is 6.92 Å². The molecule has 1 amide bonds. The van der Waals surface area contributed by atoms with Gasteiger partial charge in [-0.05, 0) is 30.2 Å². The largest absolute Gasteiger partial charge is 0.548 e. The molecule has 1 aromatic carbocycles. The van der Waals surface area contributed by atoms with Gasteiger partial charge in [0.15, 0.2) is 0 Å². The zero-order chi connectivity index (χ0) is 16.8. The van der Waals surface area contributed by atoms with Gasteiger partial charge in [0, 0.05) is 0 Å². The Kier molecular flexibility index (Phi) is 6.18. The van der Waals surface area contributed by atoms with Crippen LogP contribution in [0.3, 0.4) is 0 Å². The van der Waals surface area contributed by atoms with Crippen LogP contribution < -0.4 is 9.84 Å². The van der Waals surface area contributed by atoms with Crippen LogP contribution in [0.25, 0.3) is 6.08 Å². The Hall–Kier alpha value is -1.86. The summed E-state index contributed by atoms with van der Waals surface area (Å²) in [4.78, 5) is 24.2. The van der Waals surface area contributed by atoms with E-state index in [1.54, 1.807) is 6.08 Å². The van der Waals surface area contributed by atoms with Crippen LogP contribution in [0.15, 0.2) is 29.2 Å². The monoisotopic (exact) mass is 350 g/mol. The highest BCUT2D eigenvalue weighted by Crippen LogP contribution is 2.32. The van der Waals surface area contributed by atoms with Crippen LogP contribution >= 0.6 is 24.0 Å². The number of nitrogens with zero attached hydrogens (tertiary/aromatic N) is 1. The summed E-state index contributed by atoms with van der Waals surface area (Å²) in [5.74, 6) is -0.969. The van der Waals surface area contributed by atoms with Gasteiger partial charge in [0.05, 0.1) is 24.0 Å². The molecule has 0 bridgehead atoms. The van der Waals surface area contributed by atoms with Gasteiger partial charge in [-0.3, -0.25) is 9.69 Å². The number of ether oxygens (including phenoxy) is 1. The van der Waals surface area contributed by atoms with Crippen LogP contribution in [0.4, 0.5) is 0 Å². The summed E-state index contributed by atoms with van der Waals surface area (Å²) in [6, 6.07) is 7.35. The van der Waals surface area contributed by atoms with E-state index in [1.165, 1.54) is 0 Å². The molecular weight excluding hydrogens is 334 g/mol. The maximum atomic E-state index is 12.1. The predicted molar refractivity (Wildman–Crippen MR) is 91.7 cm³/mol. The second-order valence-electron chi connectivity index (χ2n) is 4.91. The van der Waals surface area contributed by atoms with Crippen molar-refractivity contribution in [1.82, 2.24) is 4.90 Å². The minimum atomic E-state index is -1.34. The Morgan fingerprint density at radius 3 is 2.70 bits per heavy atom. The number of carboxylic acid groups (broad SMARTS) is 1. The standard InChI is InChI=1S/C16H17NO4S2/c1-2-3-8-21-12-6-4-11(5-7-12)9-13-15(20)17(10-14(18)19)16(22)23-13/h4-7,9H,2-3,8,10H2,1H3,(H,18,19)/p-1/b13-9+. The number of carbonyl (C=O) groups excluding carboxylic acids is 2. The second-order valence-corrected chi connectivity index (χ2v) is 6.59. The molecule has 0 radical (unpaired) electrons. The van der Waals surface area contributed by atoms with Crippen molar-refractivity contribution < 1.29 is 19.4 Å². The van der Waals surface area contributed by atoms with E-state index in [-0.39, 0.29) is 4.32 Å². The summed E-state index contributed by atoms with van der Waals surface area (Å²) in [6.07, 6.45) is 3.76. The number of thioether (sulfide) groups is 1. The Balaban J connectivity index is 2.05. The fraction of sp³-hybridized carbons (Fsp3) is 0.312. The van der Waals surface area contributed by atoms with Crippen molar-refractivity contribution in [2.24, 2.45) is 0 Å². The van der Waals surface area contributed by atoms with E-state index >= 15 is 0 Å². The van der Waals surface area contributed by atoms with E-state index in [0.29, 0.717) is 11.5 Å². The molecule has 1 heterocycles. The third-order valence-corrected chi connectivity index (χ3v) is 4.48. The highest BCUT2D eigenvalue weighted by Gasteiger charge is 2.31. The summed E-state index contributed by atoms with van der Waals surface area (Å²) in [6.45, 7) is 2.26. The summed E-state index contributed by atoms with van der Waals surface area (Å²) in [5, 5.41) is 10.6. The summed E-state index contributed by atoms with van der Waals surface area (Å²) in [5.41, 5.74) is 0.821. The van der Waals surface area contributed by atoms with E-state index in [1.807, 2.05) is 24.3 Å². The molecule has 0 spiro atoms. The number of thiocarbonyl (C=S) groups is 1. The molecule has 0 N–H and O–H groups in total. The fourth-order valence-electron chi connectivity index (χ4n) is 1.91. The van der Waals surface area contributed by atoms with Gasteiger partial charge in [0.2, 0.25) is 0 Å². The molecule has 122 valence electrons. The van der Waals surface area contributed by atoms with E-state index in [9.17, 15) is 14.7 Å². The van der Waals surface area contributed by atoms with Crippen molar-refractivity contribution in [1.29, 1.82) is 0 Å². The number of carbonyl (C=O) groups is 2. The SMILES string of the molecule is CCCCOc1ccc(/C=C2/SC(=S)N(CC(=O)[O-])C2=O)cc1. The smallest absolute Gasteiger partial charge is 0.266 e. The van der Waals surface area contributed by atoms with Crippen molar-refractivity contribution in [3.63, 3.8) is 0 Å². The Morgan fingerprint density at radius 1 is 1.39 bits per heavy atom. The lowest BCUT2D eigenvalue weighted by Gasteiger charge is -2.14. The minimum absolute atomic E-state index is 0.227. The molecule has 1 aromatic rings. The molecule has 5 nitrogen and oxygen atoms in total. The molecular formula is C16H16NO4S2-.